The van der Waals surface area contributed by atoms with E-state index in [-0.39, 0.29) is 34.6 Å². The van der Waals surface area contributed by atoms with Crippen molar-refractivity contribution in [3.05, 3.63) is 118 Å². The van der Waals surface area contributed by atoms with Crippen molar-refractivity contribution in [2.75, 3.05) is 54.6 Å². The molecule has 0 amide bonds. The average Bonchev–Trinajstić information content (AvgIpc) is 3.15. The number of ketones is 2. The van der Waals surface area contributed by atoms with Crippen molar-refractivity contribution in [3.63, 3.8) is 0 Å². The van der Waals surface area contributed by atoms with Crippen molar-refractivity contribution in [3.8, 4) is 34.5 Å². The molecule has 1 heterocycles. The first-order valence-electron chi connectivity index (χ1n) is 16.2. The summed E-state index contributed by atoms with van der Waals surface area (Å²) >= 11 is 0. The molecule has 0 atom stereocenters. The number of methoxy groups -OCH3 is 4. The number of carbonyl (C=O) groups is 2. The van der Waals surface area contributed by atoms with Gasteiger partial charge in [-0.05, 0) is 71.8 Å². The number of carbonyl (C=O) groups excluding carboxylic acids is 2. The summed E-state index contributed by atoms with van der Waals surface area (Å²) in [7, 11) is 6.12. The molecule has 50 heavy (non-hydrogen) atoms. The minimum Gasteiger partial charge on any atom is -0.504 e. The third kappa shape index (κ3) is 8.90. The third-order valence-corrected chi connectivity index (χ3v) is 8.66. The van der Waals surface area contributed by atoms with Crippen LogP contribution in [-0.2, 0) is 13.1 Å². The zero-order valence-electron chi connectivity index (χ0n) is 28.7. The van der Waals surface area contributed by atoms with Crippen LogP contribution in [0.5, 0.6) is 34.5 Å². The highest BCUT2D eigenvalue weighted by Crippen LogP contribution is 2.35. The fraction of sp³-hybridized carbons (Fsp3) is 0.250. The van der Waals surface area contributed by atoms with E-state index in [0.29, 0.717) is 61.5 Å². The van der Waals surface area contributed by atoms with E-state index in [4.69, 9.17) is 18.9 Å². The standard InChI is InChI=1S/C40H42N2O8/c1-47-33-11-5-27(6-12-33)9-15-35(43)29-21-31(39(45)37(23-29)49-3)25-41-17-19-42(20-18-41)26-32-22-30(24-38(50-4)40(32)46)36(44)16-10-28-7-13-34(48-2)14-8-28/h5-16,21-24,45-46H,17-20,25-26H2,1-4H3/b15-9+,16-10+. The molecule has 0 bridgehead atoms. The Morgan fingerprint density at radius 3 is 1.26 bits per heavy atom. The molecule has 0 unspecified atom stereocenters. The number of nitrogens with zero attached hydrogens (tertiary/aromatic N) is 2. The lowest BCUT2D eigenvalue weighted by molar-refractivity contribution is 0.103. The summed E-state index contributed by atoms with van der Waals surface area (Å²) in [5, 5.41) is 21.8. The molecular weight excluding hydrogens is 636 g/mol. The molecular formula is C40H42N2O8. The summed E-state index contributed by atoms with van der Waals surface area (Å²) in [6.07, 6.45) is 6.47. The highest BCUT2D eigenvalue weighted by molar-refractivity contribution is 6.08. The van der Waals surface area contributed by atoms with E-state index in [2.05, 4.69) is 9.80 Å². The van der Waals surface area contributed by atoms with Gasteiger partial charge in [-0.15, -0.1) is 0 Å². The fourth-order valence-electron chi connectivity index (χ4n) is 5.72. The monoisotopic (exact) mass is 678 g/mol. The summed E-state index contributed by atoms with van der Waals surface area (Å²) in [6, 6.07) is 21.3. The maximum absolute atomic E-state index is 13.1. The van der Waals surface area contributed by atoms with E-state index < -0.39 is 0 Å². The van der Waals surface area contributed by atoms with Gasteiger partial charge < -0.3 is 29.2 Å². The summed E-state index contributed by atoms with van der Waals surface area (Å²) < 4.78 is 21.2. The van der Waals surface area contributed by atoms with Gasteiger partial charge in [0, 0.05) is 61.5 Å². The van der Waals surface area contributed by atoms with Crippen LogP contribution in [0.1, 0.15) is 43.0 Å². The second-order valence-electron chi connectivity index (χ2n) is 11.9. The number of aromatic hydroxyl groups is 2. The maximum Gasteiger partial charge on any atom is 0.186 e. The summed E-state index contributed by atoms with van der Waals surface area (Å²) in [5.74, 6) is 1.53. The molecule has 1 aliphatic heterocycles. The number of allylic oxidation sites excluding steroid dienone is 2. The maximum atomic E-state index is 13.1. The Bertz CT molecular complexity index is 1720. The molecule has 5 rings (SSSR count). The lowest BCUT2D eigenvalue weighted by atomic mass is 10.0. The Morgan fingerprint density at radius 2 is 0.940 bits per heavy atom. The van der Waals surface area contributed by atoms with Gasteiger partial charge in [-0.1, -0.05) is 36.4 Å². The van der Waals surface area contributed by atoms with E-state index in [9.17, 15) is 19.8 Å². The molecule has 0 radical (unpaired) electrons. The topological polar surface area (TPSA) is 118 Å². The number of piperazine rings is 1. The van der Waals surface area contributed by atoms with Gasteiger partial charge in [-0.3, -0.25) is 19.4 Å². The summed E-state index contributed by atoms with van der Waals surface area (Å²) in [6.45, 7) is 3.56. The first kappa shape index (κ1) is 35.7. The molecule has 0 aliphatic carbocycles. The second-order valence-corrected chi connectivity index (χ2v) is 11.9. The predicted octanol–water partition coefficient (Wildman–Crippen LogP) is 6.24. The quantitative estimate of drug-likeness (QED) is 0.117. The number of hydrogen-bond donors (Lipinski definition) is 2. The van der Waals surface area contributed by atoms with Crippen LogP contribution < -0.4 is 18.9 Å². The lowest BCUT2D eigenvalue weighted by Gasteiger charge is -2.35. The van der Waals surface area contributed by atoms with E-state index >= 15 is 0 Å². The van der Waals surface area contributed by atoms with E-state index in [1.807, 2.05) is 48.5 Å². The summed E-state index contributed by atoms with van der Waals surface area (Å²) in [4.78, 5) is 30.6. The molecule has 10 nitrogen and oxygen atoms in total. The van der Waals surface area contributed by atoms with Crippen molar-refractivity contribution < 1.29 is 38.7 Å². The summed E-state index contributed by atoms with van der Waals surface area (Å²) in [5.41, 5.74) is 3.72. The molecule has 4 aromatic rings. The van der Waals surface area contributed by atoms with E-state index in [1.165, 1.54) is 26.4 Å². The highest BCUT2D eigenvalue weighted by Gasteiger charge is 2.23. The van der Waals surface area contributed by atoms with Gasteiger partial charge in [0.05, 0.1) is 28.4 Å². The Morgan fingerprint density at radius 1 is 0.580 bits per heavy atom. The van der Waals surface area contributed by atoms with Crippen molar-refractivity contribution in [1.82, 2.24) is 9.80 Å². The van der Waals surface area contributed by atoms with Crippen LogP contribution in [0.15, 0.2) is 84.9 Å². The van der Waals surface area contributed by atoms with Crippen LogP contribution >= 0.6 is 0 Å². The number of ether oxygens (including phenoxy) is 4. The van der Waals surface area contributed by atoms with Crippen LogP contribution in [0.25, 0.3) is 12.2 Å². The van der Waals surface area contributed by atoms with Crippen molar-refractivity contribution in [2.45, 2.75) is 13.1 Å². The minimum absolute atomic E-state index is 0.00477. The largest absolute Gasteiger partial charge is 0.504 e. The van der Waals surface area contributed by atoms with Crippen LogP contribution in [-0.4, -0.2) is 86.2 Å². The normalized spacial score (nSPS) is 13.8. The van der Waals surface area contributed by atoms with Gasteiger partial charge >= 0.3 is 0 Å². The lowest BCUT2D eigenvalue weighted by Crippen LogP contribution is -2.45. The van der Waals surface area contributed by atoms with Gasteiger partial charge in [-0.2, -0.15) is 0 Å². The van der Waals surface area contributed by atoms with Crippen LogP contribution in [0, 0.1) is 0 Å². The predicted molar refractivity (Wildman–Crippen MR) is 193 cm³/mol. The SMILES string of the molecule is COc1ccc(/C=C/C(=O)c2cc(CN3CCN(Cc4cc(C(=O)/C=C/c5ccc(OC)cc5)cc(OC)c4O)CC3)c(O)c(OC)c2)cc1. The number of phenols is 2. The molecule has 4 aromatic carbocycles. The highest BCUT2D eigenvalue weighted by atomic mass is 16.5. The van der Waals surface area contributed by atoms with Crippen molar-refractivity contribution >= 4 is 23.7 Å². The van der Waals surface area contributed by atoms with Crippen molar-refractivity contribution in [2.24, 2.45) is 0 Å². The smallest absolute Gasteiger partial charge is 0.186 e. The average molecular weight is 679 g/mol. The molecule has 10 heteroatoms. The van der Waals surface area contributed by atoms with Gasteiger partial charge in [0.1, 0.15) is 11.5 Å². The Labute approximate surface area is 292 Å². The molecule has 0 aromatic heterocycles. The first-order valence-corrected chi connectivity index (χ1v) is 16.2. The molecule has 2 N–H and O–H groups in total. The van der Waals surface area contributed by atoms with Gasteiger partial charge in [0.2, 0.25) is 0 Å². The number of hydrogen-bond acceptors (Lipinski definition) is 10. The zero-order chi connectivity index (χ0) is 35.6. The minimum atomic E-state index is -0.211. The molecule has 1 saturated heterocycles. The van der Waals surface area contributed by atoms with Crippen LogP contribution in [0.2, 0.25) is 0 Å². The molecule has 0 spiro atoms. The molecule has 1 fully saturated rings. The van der Waals surface area contributed by atoms with Gasteiger partial charge in [0.15, 0.2) is 34.6 Å². The van der Waals surface area contributed by atoms with Gasteiger partial charge in [0.25, 0.3) is 0 Å². The van der Waals surface area contributed by atoms with E-state index in [1.54, 1.807) is 50.6 Å². The second kappa shape index (κ2) is 16.7. The van der Waals surface area contributed by atoms with Gasteiger partial charge in [-0.25, -0.2) is 0 Å². The third-order valence-electron chi connectivity index (χ3n) is 8.66. The van der Waals surface area contributed by atoms with Crippen molar-refractivity contribution in [1.29, 1.82) is 0 Å². The molecule has 0 saturated carbocycles. The van der Waals surface area contributed by atoms with Crippen LogP contribution in [0.4, 0.5) is 0 Å². The Hall–Kier alpha value is -5.58. The molecule has 260 valence electrons. The Kier molecular flexibility index (Phi) is 11.9. The fourth-order valence-corrected chi connectivity index (χ4v) is 5.72. The van der Waals surface area contributed by atoms with Crippen LogP contribution in [0.3, 0.4) is 0 Å². The first-order chi connectivity index (χ1) is 24.2. The Balaban J connectivity index is 1.23. The number of benzene rings is 4. The number of phenolic OH excluding ortho intramolecular Hbond substituents is 2. The zero-order valence-corrected chi connectivity index (χ0v) is 28.7. The molecule has 1 aliphatic rings. The van der Waals surface area contributed by atoms with E-state index in [0.717, 1.165) is 22.6 Å². The number of rotatable bonds is 14.